The lowest BCUT2D eigenvalue weighted by Gasteiger charge is -2.31. The fraction of sp³-hybridized carbons (Fsp3) is 0.286. The summed E-state index contributed by atoms with van der Waals surface area (Å²) < 4.78 is 6.13. The molecule has 0 aliphatic carbocycles. The lowest BCUT2D eigenvalue weighted by Crippen LogP contribution is -2.27. The predicted octanol–water partition coefficient (Wildman–Crippen LogP) is 11.7. The summed E-state index contributed by atoms with van der Waals surface area (Å²) in [5, 5.41) is 7.79. The van der Waals surface area contributed by atoms with Crippen LogP contribution in [0.4, 0.5) is 17.1 Å². The molecule has 5 rings (SSSR count). The molecule has 0 spiro atoms. The average molecular weight is 613 g/mol. The van der Waals surface area contributed by atoms with Gasteiger partial charge in [-0.05, 0) is 52.0 Å². The van der Waals surface area contributed by atoms with Crippen molar-refractivity contribution in [1.82, 2.24) is 0 Å². The second-order valence-electron chi connectivity index (χ2n) is 13.3. The smallest absolute Gasteiger partial charge is 0.0694 e. The van der Waals surface area contributed by atoms with Crippen molar-refractivity contribution in [2.45, 2.75) is 79.1 Å². The van der Waals surface area contributed by atoms with Gasteiger partial charge in [-0.15, -0.1) is 0 Å². The van der Waals surface area contributed by atoms with Crippen LogP contribution in [-0.4, -0.2) is 0 Å². The first kappa shape index (κ1) is 32.5. The number of nitrogens with zero attached hydrogens (tertiary/aromatic N) is 1. The van der Waals surface area contributed by atoms with E-state index in [1.54, 1.807) is 0 Å². The number of para-hydroxylation sites is 2. The van der Waals surface area contributed by atoms with E-state index >= 15 is 0 Å². The monoisotopic (exact) mass is 612 g/mol. The van der Waals surface area contributed by atoms with Crippen molar-refractivity contribution in [2.75, 3.05) is 5.32 Å². The van der Waals surface area contributed by atoms with Gasteiger partial charge in [0.05, 0.1) is 12.7 Å². The second-order valence-corrected chi connectivity index (χ2v) is 16.2. The third-order valence-corrected chi connectivity index (χ3v) is 12.4. The number of hydrogen-bond donors (Lipinski definition) is 1. The Morgan fingerprint density at radius 2 is 0.844 bits per heavy atom. The Labute approximate surface area is 272 Å². The summed E-state index contributed by atoms with van der Waals surface area (Å²) in [5.74, 6) is 1.46. The maximum atomic E-state index is 6.13. The van der Waals surface area contributed by atoms with Crippen LogP contribution in [0.5, 0.6) is 0 Å². The predicted molar refractivity (Wildman–Crippen MR) is 200 cm³/mol. The molecule has 2 nitrogen and oxygen atoms in total. The quantitative estimate of drug-likeness (QED) is 0.156. The topological polar surface area (TPSA) is 24.4 Å². The van der Waals surface area contributed by atoms with Crippen molar-refractivity contribution in [3.63, 3.8) is 0 Å². The van der Waals surface area contributed by atoms with E-state index < -0.39 is 7.05 Å². The molecular weight excluding hydrogens is 563 g/mol. The number of nitrogens with one attached hydrogen (secondary N) is 1. The van der Waals surface area contributed by atoms with Gasteiger partial charge >= 0.3 is 0 Å². The normalized spacial score (nSPS) is 11.9. The molecule has 5 aromatic rings. The van der Waals surface area contributed by atoms with Crippen molar-refractivity contribution in [2.24, 2.45) is 4.74 Å². The van der Waals surface area contributed by atoms with Crippen LogP contribution in [0.3, 0.4) is 0 Å². The van der Waals surface area contributed by atoms with Gasteiger partial charge in [0, 0.05) is 27.3 Å². The van der Waals surface area contributed by atoms with Gasteiger partial charge in [-0.2, -0.15) is 0 Å². The molecule has 1 N–H and O–H groups in total. The summed E-state index contributed by atoms with van der Waals surface area (Å²) in [7, 11) is -2.60. The molecule has 0 fully saturated rings. The van der Waals surface area contributed by atoms with E-state index in [1.165, 1.54) is 43.9 Å². The first-order valence-electron chi connectivity index (χ1n) is 16.5. The zero-order valence-corrected chi connectivity index (χ0v) is 29.1. The van der Waals surface area contributed by atoms with Gasteiger partial charge in [-0.25, -0.2) is 0 Å². The fourth-order valence-corrected chi connectivity index (χ4v) is 10.1. The van der Waals surface area contributed by atoms with Gasteiger partial charge < -0.3 is 5.32 Å². The lowest BCUT2D eigenvalue weighted by atomic mass is 9.92. The van der Waals surface area contributed by atoms with Crippen LogP contribution in [-0.2, 0) is 0 Å². The molecule has 5 aromatic carbocycles. The average Bonchev–Trinajstić information content (AvgIpc) is 3.04. The van der Waals surface area contributed by atoms with Gasteiger partial charge in [-0.1, -0.05) is 171 Å². The van der Waals surface area contributed by atoms with E-state index in [-0.39, 0.29) is 0 Å². The summed E-state index contributed by atoms with van der Waals surface area (Å²) >= 11 is 0. The van der Waals surface area contributed by atoms with E-state index in [1.807, 2.05) is 0 Å². The van der Waals surface area contributed by atoms with Crippen LogP contribution in [0, 0.1) is 0 Å². The molecule has 45 heavy (non-hydrogen) atoms. The molecule has 232 valence electrons. The third-order valence-electron chi connectivity index (χ3n) is 8.74. The summed E-state index contributed by atoms with van der Waals surface area (Å²) in [5.41, 5.74) is 8.76. The molecule has 3 heteroatoms. The SMILES string of the molecule is CC(C)c1cccc(C(C)C)c1N=P(c1ccccc1)(c1ccccc1)c1ccccc1Nc1c(C(C)C)cccc1C(C)C. The summed E-state index contributed by atoms with van der Waals surface area (Å²) in [6.07, 6.45) is 0. The number of anilines is 2. The van der Waals surface area contributed by atoms with Crippen molar-refractivity contribution < 1.29 is 0 Å². The lowest BCUT2D eigenvalue weighted by molar-refractivity contribution is 0.835. The van der Waals surface area contributed by atoms with Gasteiger partial charge in [0.2, 0.25) is 0 Å². The van der Waals surface area contributed by atoms with E-state index in [0.29, 0.717) is 23.7 Å². The maximum Gasteiger partial charge on any atom is 0.0694 e. The maximum absolute atomic E-state index is 6.13. The van der Waals surface area contributed by atoms with Gasteiger partial charge in [-0.3, -0.25) is 4.74 Å². The second kappa shape index (κ2) is 14.1. The van der Waals surface area contributed by atoms with E-state index in [2.05, 4.69) is 182 Å². The van der Waals surface area contributed by atoms with Crippen LogP contribution < -0.4 is 21.2 Å². The number of hydrogen-bond acceptors (Lipinski definition) is 2. The Morgan fingerprint density at radius 1 is 0.444 bits per heavy atom. The van der Waals surface area contributed by atoms with E-state index in [0.717, 1.165) is 11.4 Å². The molecule has 0 aromatic heterocycles. The highest BCUT2D eigenvalue weighted by atomic mass is 31.2. The summed E-state index contributed by atoms with van der Waals surface area (Å²) in [6.45, 7) is 18.3. The van der Waals surface area contributed by atoms with Crippen LogP contribution in [0.1, 0.15) is 101 Å². The standard InChI is InChI=1S/C42H49N2P/c1-29(2)35-23-17-24-36(30(3)4)41(35)43-39-27-15-16-28-40(39)45(33-19-11-9-12-20-33,34-21-13-10-14-22-34)44-42-37(31(5)6)25-18-26-38(42)32(7)8/h9-32,43H,1-8H3. The first-order chi connectivity index (χ1) is 21.6. The van der Waals surface area contributed by atoms with Crippen LogP contribution in [0.15, 0.2) is 126 Å². The molecule has 0 amide bonds. The largest absolute Gasteiger partial charge is 0.354 e. The Bertz CT molecular complexity index is 1690. The van der Waals surface area contributed by atoms with Crippen LogP contribution in [0.25, 0.3) is 0 Å². The van der Waals surface area contributed by atoms with Crippen molar-refractivity contribution in [1.29, 1.82) is 0 Å². The van der Waals surface area contributed by atoms with Crippen molar-refractivity contribution in [3.05, 3.63) is 144 Å². The van der Waals surface area contributed by atoms with Crippen LogP contribution >= 0.6 is 7.05 Å². The molecule has 0 heterocycles. The highest BCUT2D eigenvalue weighted by Crippen LogP contribution is 2.53. The molecule has 0 atom stereocenters. The molecule has 0 aliphatic heterocycles. The molecule has 0 radical (unpaired) electrons. The van der Waals surface area contributed by atoms with Crippen molar-refractivity contribution >= 4 is 40.0 Å². The minimum absolute atomic E-state index is 0.343. The van der Waals surface area contributed by atoms with E-state index in [4.69, 9.17) is 4.74 Å². The van der Waals surface area contributed by atoms with Gasteiger partial charge in [0.1, 0.15) is 0 Å². The Morgan fingerprint density at radius 3 is 1.29 bits per heavy atom. The highest BCUT2D eigenvalue weighted by molar-refractivity contribution is 7.87. The minimum Gasteiger partial charge on any atom is -0.354 e. The molecular formula is C42H49N2P. The molecule has 0 unspecified atom stereocenters. The summed E-state index contributed by atoms with van der Waals surface area (Å²) in [6, 6.07) is 44.5. The number of rotatable bonds is 10. The Kier molecular flexibility index (Phi) is 10.2. The Balaban J connectivity index is 1.95. The highest BCUT2D eigenvalue weighted by Gasteiger charge is 2.32. The fourth-order valence-electron chi connectivity index (χ4n) is 6.35. The van der Waals surface area contributed by atoms with Gasteiger partial charge in [0.15, 0.2) is 0 Å². The Hall–Kier alpha value is -3.87. The summed E-state index contributed by atoms with van der Waals surface area (Å²) in [4.78, 5) is 0. The van der Waals surface area contributed by atoms with Gasteiger partial charge in [0.25, 0.3) is 0 Å². The minimum atomic E-state index is -2.60. The van der Waals surface area contributed by atoms with Crippen LogP contribution in [0.2, 0.25) is 0 Å². The first-order valence-corrected chi connectivity index (χ1v) is 18.2. The number of benzene rings is 5. The third kappa shape index (κ3) is 6.58. The molecule has 0 bridgehead atoms. The van der Waals surface area contributed by atoms with Crippen molar-refractivity contribution in [3.8, 4) is 0 Å². The zero-order chi connectivity index (χ0) is 32.1. The zero-order valence-electron chi connectivity index (χ0n) is 28.3. The molecule has 0 aliphatic rings. The van der Waals surface area contributed by atoms with E-state index in [9.17, 15) is 0 Å². The molecule has 0 saturated heterocycles. The molecule has 0 saturated carbocycles.